The smallest absolute Gasteiger partial charge is 0.123 e. The average Bonchev–Trinajstić information content (AvgIpc) is 2.39. The van der Waals surface area contributed by atoms with Gasteiger partial charge in [-0.15, -0.1) is 0 Å². The monoisotopic (exact) mass is 228 g/mol. The first-order valence-corrected chi connectivity index (χ1v) is 5.95. The molecule has 0 amide bonds. The predicted molar refractivity (Wildman–Crippen MR) is 66.9 cm³/mol. The fourth-order valence-electron chi connectivity index (χ4n) is 2.26. The van der Waals surface area contributed by atoms with Crippen molar-refractivity contribution >= 4 is 12.0 Å². The van der Waals surface area contributed by atoms with Crippen LogP contribution in [0.5, 0.6) is 0 Å². The van der Waals surface area contributed by atoms with Crippen LogP contribution in [0.2, 0.25) is 0 Å². The van der Waals surface area contributed by atoms with Crippen molar-refractivity contribution in [1.29, 1.82) is 5.26 Å². The van der Waals surface area contributed by atoms with Gasteiger partial charge in [-0.3, -0.25) is 0 Å². The maximum absolute atomic E-state index is 10.7. The van der Waals surface area contributed by atoms with Crippen LogP contribution < -0.4 is 4.90 Å². The van der Waals surface area contributed by atoms with Crippen LogP contribution >= 0.6 is 0 Å². The van der Waals surface area contributed by atoms with Crippen LogP contribution in [0.15, 0.2) is 18.2 Å². The van der Waals surface area contributed by atoms with Gasteiger partial charge >= 0.3 is 0 Å². The Kier molecular flexibility index (Phi) is 3.43. The van der Waals surface area contributed by atoms with E-state index in [2.05, 4.69) is 17.0 Å². The molecule has 1 aromatic rings. The highest BCUT2D eigenvalue weighted by molar-refractivity contribution is 5.57. The summed E-state index contributed by atoms with van der Waals surface area (Å²) in [5.74, 6) is 0.228. The molecule has 17 heavy (non-hydrogen) atoms. The van der Waals surface area contributed by atoms with Crippen LogP contribution in [0.3, 0.4) is 0 Å². The molecule has 2 rings (SSSR count). The van der Waals surface area contributed by atoms with Crippen LogP contribution in [-0.2, 0) is 4.79 Å². The highest BCUT2D eigenvalue weighted by Gasteiger charge is 2.18. The van der Waals surface area contributed by atoms with E-state index in [1.807, 2.05) is 19.1 Å². The number of anilines is 1. The summed E-state index contributed by atoms with van der Waals surface area (Å²) in [4.78, 5) is 13.0. The molecular weight excluding hydrogens is 212 g/mol. The van der Waals surface area contributed by atoms with Crippen molar-refractivity contribution in [2.75, 3.05) is 18.0 Å². The van der Waals surface area contributed by atoms with Crippen molar-refractivity contribution in [3.63, 3.8) is 0 Å². The van der Waals surface area contributed by atoms with Crippen molar-refractivity contribution in [2.45, 2.75) is 19.8 Å². The molecule has 1 fully saturated rings. The number of nitriles is 1. The van der Waals surface area contributed by atoms with E-state index in [4.69, 9.17) is 5.26 Å². The lowest BCUT2D eigenvalue weighted by Gasteiger charge is -2.31. The minimum absolute atomic E-state index is 0.228. The molecule has 1 heterocycles. The number of benzene rings is 1. The first-order chi connectivity index (χ1) is 8.24. The summed E-state index contributed by atoms with van der Waals surface area (Å²) in [5, 5.41) is 8.88. The molecule has 0 aromatic heterocycles. The molecule has 0 bridgehead atoms. The lowest BCUT2D eigenvalue weighted by Crippen LogP contribution is -2.34. The van der Waals surface area contributed by atoms with E-state index in [1.54, 1.807) is 0 Å². The maximum atomic E-state index is 10.7. The average molecular weight is 228 g/mol. The zero-order valence-electron chi connectivity index (χ0n) is 10.0. The van der Waals surface area contributed by atoms with Crippen LogP contribution in [0.25, 0.3) is 0 Å². The van der Waals surface area contributed by atoms with Gasteiger partial charge in [0.15, 0.2) is 0 Å². The minimum Gasteiger partial charge on any atom is -0.371 e. The number of hydrogen-bond acceptors (Lipinski definition) is 3. The van der Waals surface area contributed by atoms with Gasteiger partial charge in [0.1, 0.15) is 6.29 Å². The molecule has 1 saturated heterocycles. The number of carbonyl (C=O) groups excluding carboxylic acids is 1. The van der Waals surface area contributed by atoms with Gasteiger partial charge in [-0.05, 0) is 43.5 Å². The molecule has 0 aliphatic carbocycles. The SMILES string of the molecule is Cc1cc(N2CCC(C=O)CC2)ccc1C#N. The van der Waals surface area contributed by atoms with Crippen molar-refractivity contribution in [3.05, 3.63) is 29.3 Å². The highest BCUT2D eigenvalue weighted by atomic mass is 16.1. The Hall–Kier alpha value is -1.82. The van der Waals surface area contributed by atoms with Gasteiger partial charge in [0.05, 0.1) is 11.6 Å². The molecule has 0 atom stereocenters. The van der Waals surface area contributed by atoms with E-state index in [1.165, 1.54) is 0 Å². The van der Waals surface area contributed by atoms with Gasteiger partial charge in [-0.2, -0.15) is 5.26 Å². The number of rotatable bonds is 2. The second kappa shape index (κ2) is 5.01. The van der Waals surface area contributed by atoms with Crippen LogP contribution in [0.1, 0.15) is 24.0 Å². The lowest BCUT2D eigenvalue weighted by molar-refractivity contribution is -0.111. The van der Waals surface area contributed by atoms with Crippen molar-refractivity contribution in [1.82, 2.24) is 0 Å². The maximum Gasteiger partial charge on any atom is 0.123 e. The molecule has 3 nitrogen and oxygen atoms in total. The molecule has 1 aliphatic heterocycles. The summed E-state index contributed by atoms with van der Waals surface area (Å²) in [6.45, 7) is 3.81. The van der Waals surface area contributed by atoms with Crippen molar-refractivity contribution in [2.24, 2.45) is 5.92 Å². The largest absolute Gasteiger partial charge is 0.371 e. The second-order valence-electron chi connectivity index (χ2n) is 4.57. The zero-order chi connectivity index (χ0) is 12.3. The number of piperidine rings is 1. The van der Waals surface area contributed by atoms with E-state index >= 15 is 0 Å². The Morgan fingerprint density at radius 3 is 2.65 bits per heavy atom. The summed E-state index contributed by atoms with van der Waals surface area (Å²) in [5.41, 5.74) is 2.91. The zero-order valence-corrected chi connectivity index (χ0v) is 10.0. The molecule has 0 radical (unpaired) electrons. The molecule has 0 saturated carbocycles. The summed E-state index contributed by atoms with van der Waals surface area (Å²) < 4.78 is 0. The fourth-order valence-corrected chi connectivity index (χ4v) is 2.26. The molecule has 3 heteroatoms. The van der Waals surface area contributed by atoms with E-state index in [0.717, 1.165) is 49.0 Å². The molecule has 0 N–H and O–H groups in total. The van der Waals surface area contributed by atoms with Gasteiger partial charge in [0.25, 0.3) is 0 Å². The Balaban J connectivity index is 2.11. The minimum atomic E-state index is 0.228. The summed E-state index contributed by atoms with van der Waals surface area (Å²) in [6, 6.07) is 8.10. The molecule has 88 valence electrons. The van der Waals surface area contributed by atoms with Crippen molar-refractivity contribution in [3.8, 4) is 6.07 Å². The van der Waals surface area contributed by atoms with E-state index in [9.17, 15) is 4.79 Å². The third-order valence-electron chi connectivity index (χ3n) is 3.43. The number of hydrogen-bond donors (Lipinski definition) is 0. The topological polar surface area (TPSA) is 44.1 Å². The third kappa shape index (κ3) is 2.47. The number of aldehydes is 1. The summed E-state index contributed by atoms with van der Waals surface area (Å²) >= 11 is 0. The molecule has 0 spiro atoms. The number of carbonyl (C=O) groups is 1. The standard InChI is InChI=1S/C14H16N2O/c1-11-8-14(3-2-13(11)9-15)16-6-4-12(10-17)5-7-16/h2-3,8,10,12H,4-7H2,1H3. The Labute approximate surface area is 102 Å². The quantitative estimate of drug-likeness (QED) is 0.729. The van der Waals surface area contributed by atoms with Crippen molar-refractivity contribution < 1.29 is 4.79 Å². The first-order valence-electron chi connectivity index (χ1n) is 5.95. The molecule has 0 unspecified atom stereocenters. The van der Waals surface area contributed by atoms with Gasteiger partial charge in [-0.1, -0.05) is 0 Å². The molecular formula is C14H16N2O. The summed E-state index contributed by atoms with van der Waals surface area (Å²) in [7, 11) is 0. The Bertz CT molecular complexity index is 454. The Morgan fingerprint density at radius 1 is 1.41 bits per heavy atom. The normalized spacial score (nSPS) is 16.6. The lowest BCUT2D eigenvalue weighted by atomic mass is 9.97. The fraction of sp³-hybridized carbons (Fsp3) is 0.429. The van der Waals surface area contributed by atoms with Gasteiger partial charge in [0.2, 0.25) is 0 Å². The van der Waals surface area contributed by atoms with Gasteiger partial charge in [0, 0.05) is 24.7 Å². The van der Waals surface area contributed by atoms with Gasteiger partial charge in [-0.25, -0.2) is 0 Å². The van der Waals surface area contributed by atoms with Crippen LogP contribution in [0.4, 0.5) is 5.69 Å². The third-order valence-corrected chi connectivity index (χ3v) is 3.43. The Morgan fingerprint density at radius 2 is 2.12 bits per heavy atom. The molecule has 1 aliphatic rings. The van der Waals surface area contributed by atoms with E-state index in [-0.39, 0.29) is 5.92 Å². The summed E-state index contributed by atoms with van der Waals surface area (Å²) in [6.07, 6.45) is 2.94. The van der Waals surface area contributed by atoms with Crippen LogP contribution in [0, 0.1) is 24.2 Å². The van der Waals surface area contributed by atoms with Gasteiger partial charge < -0.3 is 9.69 Å². The number of aryl methyl sites for hydroxylation is 1. The predicted octanol–water partition coefficient (Wildman–Crippen LogP) is 2.28. The first kappa shape index (κ1) is 11.7. The van der Waals surface area contributed by atoms with E-state index in [0.29, 0.717) is 0 Å². The van der Waals surface area contributed by atoms with Crippen LogP contribution in [-0.4, -0.2) is 19.4 Å². The number of nitrogens with zero attached hydrogens (tertiary/aromatic N) is 2. The second-order valence-corrected chi connectivity index (χ2v) is 4.57. The highest BCUT2D eigenvalue weighted by Crippen LogP contribution is 2.24. The molecule has 1 aromatic carbocycles. The van der Waals surface area contributed by atoms with E-state index < -0.39 is 0 Å².